The Bertz CT molecular complexity index is 1870. The first-order valence-corrected chi connectivity index (χ1v) is 17.5. The molecule has 0 radical (unpaired) electrons. The van der Waals surface area contributed by atoms with Crippen LogP contribution in [0.25, 0.3) is 0 Å². The molecule has 2 aromatic rings. The molecule has 264 valence electrons. The van der Waals surface area contributed by atoms with Gasteiger partial charge in [-0.05, 0) is 82.1 Å². The fraction of sp³-hybridized carbons (Fsp3) is 0.517. The van der Waals surface area contributed by atoms with Crippen LogP contribution in [0, 0.1) is 10.8 Å². The molecule has 1 saturated heterocycles. The zero-order valence-corrected chi connectivity index (χ0v) is 28.3. The number of amidine groups is 1. The number of amides is 2. The quantitative estimate of drug-likeness (QED) is 0.0541. The first-order valence-electron chi connectivity index (χ1n) is 15.3. The smallest absolute Gasteiger partial charge is 0.418 e. The largest absolute Gasteiger partial charge is 0.485 e. The Morgan fingerprint density at radius 1 is 1.27 bits per heavy atom. The van der Waals surface area contributed by atoms with E-state index >= 15 is 0 Å². The van der Waals surface area contributed by atoms with E-state index < -0.39 is 57.2 Å². The summed E-state index contributed by atoms with van der Waals surface area (Å²) in [6.45, 7) is 3.98. The number of aliphatic carboxylic acids is 1. The lowest BCUT2D eigenvalue weighted by Gasteiger charge is -2.50. The number of carbonyl (C=O) groups excluding carboxylic acids is 2. The van der Waals surface area contributed by atoms with Crippen molar-refractivity contribution in [3.63, 3.8) is 0 Å². The topological polar surface area (TPSA) is 282 Å². The lowest BCUT2D eigenvalue weighted by atomic mass is 9.76. The van der Waals surface area contributed by atoms with Crippen molar-refractivity contribution < 1.29 is 46.3 Å². The number of carboxylic acids is 1. The molecular weight excluding hydrogens is 684 g/mol. The highest BCUT2D eigenvalue weighted by Gasteiger charge is 2.60. The molecule has 3 heterocycles. The molecule has 20 heteroatoms. The molecule has 2 amide bonds. The number of benzene rings is 1. The van der Waals surface area contributed by atoms with Gasteiger partial charge in [0.25, 0.3) is 17.4 Å². The van der Waals surface area contributed by atoms with Gasteiger partial charge in [-0.15, -0.1) is 15.6 Å². The number of ether oxygens (including phenoxy) is 1. The van der Waals surface area contributed by atoms with Crippen molar-refractivity contribution in [2.24, 2.45) is 16.3 Å². The van der Waals surface area contributed by atoms with Crippen molar-refractivity contribution in [1.82, 2.24) is 20.7 Å². The second kappa shape index (κ2) is 11.9. The van der Waals surface area contributed by atoms with Crippen LogP contribution in [0.1, 0.15) is 63.3 Å². The summed E-state index contributed by atoms with van der Waals surface area (Å²) < 4.78 is 41.7. The van der Waals surface area contributed by atoms with Crippen LogP contribution in [0.15, 0.2) is 28.7 Å². The SMILES string of the molecule is CC(ON=C(C(=O)NC1C(=O)N(OS(=O)(=O)O)C1(C)C)c1csc(N)n1)(C(=O)O)[C@H]1CCc2cc(C(=N)NC3CC4(C3)C[C@H]4N)ccc2O1. The number of carboxylic acid groups (broad SMARTS) is 1. The highest BCUT2D eigenvalue weighted by atomic mass is 32.3. The van der Waals surface area contributed by atoms with Gasteiger partial charge in [0.2, 0.25) is 0 Å². The Morgan fingerprint density at radius 3 is 2.53 bits per heavy atom. The van der Waals surface area contributed by atoms with Crippen LogP contribution in [-0.2, 0) is 40.3 Å². The molecule has 1 spiro atoms. The number of fused-ring (bicyclic) bond motifs is 1. The van der Waals surface area contributed by atoms with Gasteiger partial charge in [0.05, 0.1) is 5.54 Å². The summed E-state index contributed by atoms with van der Waals surface area (Å²) in [5.41, 5.74) is 9.32. The minimum Gasteiger partial charge on any atom is -0.485 e. The van der Waals surface area contributed by atoms with Gasteiger partial charge in [0, 0.05) is 23.0 Å². The summed E-state index contributed by atoms with van der Waals surface area (Å²) in [7, 11) is -5.03. The van der Waals surface area contributed by atoms with E-state index in [4.69, 9.17) is 31.0 Å². The van der Waals surface area contributed by atoms with Crippen molar-refractivity contribution in [2.45, 2.75) is 88.2 Å². The lowest BCUT2D eigenvalue weighted by Crippen LogP contribution is -2.76. The highest BCUT2D eigenvalue weighted by molar-refractivity contribution is 7.80. The van der Waals surface area contributed by atoms with E-state index in [1.54, 1.807) is 12.1 Å². The van der Waals surface area contributed by atoms with Gasteiger partial charge in [-0.2, -0.15) is 13.5 Å². The standard InChI is InChI=1S/C29H36N8O10S2/c1-27(2)21(24(39)37(27)47-49(42,43)44)35-23(38)20(16-12-48-26(32)34-16)36-46-28(3,25(40)41)19-7-5-13-8-14(4-6-17(13)45-19)22(31)33-15-9-29(10-15)11-18(29)30/h4,6,8,12,15,18-19,21H,5,7,9-11,30H2,1-3H3,(H2,31,33)(H2,32,34)(H,35,38)(H,40,41)(H,42,43,44)/t15?,18-,19-,21?,28?,29?/m1/s1. The zero-order valence-electron chi connectivity index (χ0n) is 26.6. The number of nitrogens with two attached hydrogens (primary N) is 2. The molecule has 4 aliphatic rings. The number of hydroxylamine groups is 2. The molecule has 18 nitrogen and oxygen atoms in total. The summed E-state index contributed by atoms with van der Waals surface area (Å²) >= 11 is 0.964. The molecular formula is C29H36N8O10S2. The average Bonchev–Trinajstić information content (AvgIpc) is 3.50. The third-order valence-electron chi connectivity index (χ3n) is 9.67. The maximum Gasteiger partial charge on any atom is 0.418 e. The van der Waals surface area contributed by atoms with Crippen LogP contribution in [-0.4, -0.2) is 92.8 Å². The highest BCUT2D eigenvalue weighted by Crippen LogP contribution is 2.59. The zero-order chi connectivity index (χ0) is 35.7. The molecule has 4 atom stereocenters. The van der Waals surface area contributed by atoms with Crippen LogP contribution in [0.5, 0.6) is 5.75 Å². The fourth-order valence-electron chi connectivity index (χ4n) is 6.49. The number of anilines is 1. The Kier molecular flexibility index (Phi) is 8.38. The third-order valence-corrected chi connectivity index (χ3v) is 10.7. The summed E-state index contributed by atoms with van der Waals surface area (Å²) in [4.78, 5) is 48.3. The number of carbonyl (C=O) groups is 3. The van der Waals surface area contributed by atoms with Gasteiger partial charge in [-0.25, -0.2) is 9.78 Å². The van der Waals surface area contributed by atoms with E-state index in [0.717, 1.165) is 36.2 Å². The monoisotopic (exact) mass is 720 g/mol. The predicted molar refractivity (Wildman–Crippen MR) is 173 cm³/mol. The molecule has 3 fully saturated rings. The first-order chi connectivity index (χ1) is 22.8. The van der Waals surface area contributed by atoms with Crippen LogP contribution in [0.3, 0.4) is 0 Å². The Balaban J connectivity index is 1.16. The maximum absolute atomic E-state index is 13.4. The van der Waals surface area contributed by atoms with E-state index in [1.807, 2.05) is 6.07 Å². The summed E-state index contributed by atoms with van der Waals surface area (Å²) in [6.07, 6.45) is 2.45. The molecule has 9 N–H and O–H groups in total. The molecule has 0 bridgehead atoms. The van der Waals surface area contributed by atoms with Crippen molar-refractivity contribution in [3.8, 4) is 5.75 Å². The summed E-state index contributed by atoms with van der Waals surface area (Å²) in [5.74, 6) is -2.76. The minimum atomic E-state index is -5.03. The Morgan fingerprint density at radius 2 is 1.96 bits per heavy atom. The number of rotatable bonds is 11. The van der Waals surface area contributed by atoms with Crippen molar-refractivity contribution in [3.05, 3.63) is 40.4 Å². The normalized spacial score (nSPS) is 28.2. The number of thiazole rings is 1. The Labute approximate surface area is 284 Å². The van der Waals surface area contributed by atoms with Gasteiger partial charge < -0.3 is 36.8 Å². The minimum absolute atomic E-state index is 0.0582. The number of hydrogen-bond donors (Lipinski definition) is 7. The predicted octanol–water partition coefficient (Wildman–Crippen LogP) is 0.318. The molecule has 2 aliphatic heterocycles. The Hall–Kier alpha value is -4.37. The van der Waals surface area contributed by atoms with Gasteiger partial charge >= 0.3 is 16.4 Å². The lowest BCUT2D eigenvalue weighted by molar-refractivity contribution is -0.218. The van der Waals surface area contributed by atoms with Crippen molar-refractivity contribution in [2.75, 3.05) is 5.73 Å². The molecule has 2 aliphatic carbocycles. The number of β-lactam (4-membered cyclic amide) rings is 1. The number of aryl methyl sites for hydroxylation is 1. The molecule has 49 heavy (non-hydrogen) atoms. The molecule has 2 unspecified atom stereocenters. The second-order valence-corrected chi connectivity index (χ2v) is 15.4. The number of aromatic nitrogens is 1. The number of nitrogen functional groups attached to an aromatic ring is 1. The van der Waals surface area contributed by atoms with Gasteiger partial charge in [-0.1, -0.05) is 5.16 Å². The van der Waals surface area contributed by atoms with Crippen LogP contribution in [0.4, 0.5) is 5.13 Å². The van der Waals surface area contributed by atoms with Crippen LogP contribution < -0.4 is 26.8 Å². The van der Waals surface area contributed by atoms with E-state index in [0.29, 0.717) is 22.8 Å². The summed E-state index contributed by atoms with van der Waals surface area (Å²) in [5, 5.41) is 30.2. The van der Waals surface area contributed by atoms with Gasteiger partial charge in [0.15, 0.2) is 16.9 Å². The molecule has 1 aromatic carbocycles. The number of nitrogens with one attached hydrogen (secondary N) is 3. The summed E-state index contributed by atoms with van der Waals surface area (Å²) in [6, 6.07) is 4.33. The average molecular weight is 721 g/mol. The first kappa shape index (κ1) is 34.5. The maximum atomic E-state index is 13.4. The fourth-order valence-corrected chi connectivity index (χ4v) is 7.49. The molecule has 1 aromatic heterocycles. The van der Waals surface area contributed by atoms with E-state index in [2.05, 4.69) is 25.1 Å². The molecule has 6 rings (SSSR count). The molecule has 2 saturated carbocycles. The van der Waals surface area contributed by atoms with Crippen LogP contribution >= 0.6 is 11.3 Å². The van der Waals surface area contributed by atoms with E-state index in [1.165, 1.54) is 26.2 Å². The number of oxime groups is 1. The van der Waals surface area contributed by atoms with Crippen molar-refractivity contribution >= 4 is 56.2 Å². The van der Waals surface area contributed by atoms with Gasteiger partial charge in [-0.3, -0.25) is 19.6 Å². The number of hydrogen-bond acceptors (Lipinski definition) is 14. The second-order valence-electron chi connectivity index (χ2n) is 13.5. The van der Waals surface area contributed by atoms with E-state index in [-0.39, 0.29) is 40.6 Å². The van der Waals surface area contributed by atoms with Gasteiger partial charge in [0.1, 0.15) is 23.3 Å². The third kappa shape index (κ3) is 6.41. The van der Waals surface area contributed by atoms with E-state index in [9.17, 15) is 27.9 Å². The van der Waals surface area contributed by atoms with Crippen molar-refractivity contribution in [1.29, 1.82) is 5.41 Å². The number of nitrogens with zero attached hydrogens (tertiary/aromatic N) is 3. The van der Waals surface area contributed by atoms with Crippen LogP contribution in [0.2, 0.25) is 0 Å².